The Morgan fingerprint density at radius 2 is 1.75 bits per heavy atom. The minimum atomic E-state index is -0.553. The van der Waals surface area contributed by atoms with Crippen LogP contribution in [0.2, 0.25) is 0 Å². The summed E-state index contributed by atoms with van der Waals surface area (Å²) in [7, 11) is 0. The van der Waals surface area contributed by atoms with E-state index in [1.54, 1.807) is 30.5 Å². The topological polar surface area (TPSA) is 72.2 Å². The second kappa shape index (κ2) is 6.96. The van der Waals surface area contributed by atoms with Crippen LogP contribution in [0, 0.1) is 6.92 Å². The summed E-state index contributed by atoms with van der Waals surface area (Å²) >= 11 is 0. The van der Waals surface area contributed by atoms with E-state index in [9.17, 15) is 9.59 Å². The normalized spacial score (nSPS) is 13.0. The van der Waals surface area contributed by atoms with Gasteiger partial charge in [-0.2, -0.15) is 5.10 Å². The highest BCUT2D eigenvalue weighted by atomic mass is 16.2. The molecule has 0 fully saturated rings. The fraction of sp³-hybridized carbons (Fsp3) is 0.227. The average Bonchev–Trinajstić information content (AvgIpc) is 2.99. The maximum absolute atomic E-state index is 12.7. The van der Waals surface area contributed by atoms with Gasteiger partial charge in [0, 0.05) is 28.2 Å². The van der Waals surface area contributed by atoms with Crippen LogP contribution in [-0.2, 0) is 0 Å². The number of nitrogens with zero attached hydrogens (tertiary/aromatic N) is 3. The summed E-state index contributed by atoms with van der Waals surface area (Å²) in [5, 5.41) is 5.74. The summed E-state index contributed by atoms with van der Waals surface area (Å²) in [6.07, 6.45) is 2.61. The van der Waals surface area contributed by atoms with Crippen LogP contribution in [0.3, 0.4) is 0 Å². The van der Waals surface area contributed by atoms with Gasteiger partial charge in [-0.3, -0.25) is 4.79 Å². The van der Waals surface area contributed by atoms with E-state index >= 15 is 0 Å². The number of rotatable bonds is 4. The Kier molecular flexibility index (Phi) is 4.47. The molecule has 2 heterocycles. The Morgan fingerprint density at radius 1 is 1.07 bits per heavy atom. The fourth-order valence-electron chi connectivity index (χ4n) is 3.70. The van der Waals surface area contributed by atoms with E-state index in [-0.39, 0.29) is 0 Å². The SMILES string of the molecule is CC[C@H](C)n1c(C)c(C=Nn2c(=O)[nH]c3ccccc3c2=O)c2ccccc21. The Morgan fingerprint density at radius 3 is 2.50 bits per heavy atom. The summed E-state index contributed by atoms with van der Waals surface area (Å²) < 4.78 is 3.17. The monoisotopic (exact) mass is 374 g/mol. The lowest BCUT2D eigenvalue weighted by molar-refractivity contribution is 0.537. The second-order valence-corrected chi connectivity index (χ2v) is 6.98. The van der Waals surface area contributed by atoms with Gasteiger partial charge in [-0.05, 0) is 38.5 Å². The third-order valence-electron chi connectivity index (χ3n) is 5.32. The van der Waals surface area contributed by atoms with E-state index in [4.69, 9.17) is 0 Å². The molecule has 2 aromatic heterocycles. The Balaban J connectivity index is 1.91. The van der Waals surface area contributed by atoms with E-state index in [1.807, 2.05) is 25.1 Å². The maximum Gasteiger partial charge on any atom is 0.349 e. The molecule has 0 amide bonds. The molecular weight excluding hydrogens is 352 g/mol. The molecule has 0 radical (unpaired) electrons. The molecule has 6 nitrogen and oxygen atoms in total. The minimum absolute atomic E-state index is 0.332. The van der Waals surface area contributed by atoms with E-state index in [0.29, 0.717) is 16.9 Å². The molecule has 142 valence electrons. The van der Waals surface area contributed by atoms with Gasteiger partial charge in [-0.1, -0.05) is 37.3 Å². The Labute approximate surface area is 161 Å². The van der Waals surface area contributed by atoms with Gasteiger partial charge < -0.3 is 9.55 Å². The van der Waals surface area contributed by atoms with Crippen molar-refractivity contribution >= 4 is 28.0 Å². The largest absolute Gasteiger partial charge is 0.349 e. The first kappa shape index (κ1) is 18.0. The van der Waals surface area contributed by atoms with Crippen molar-refractivity contribution in [3.8, 4) is 0 Å². The summed E-state index contributed by atoms with van der Waals surface area (Å²) in [5.41, 5.74) is 2.62. The first-order valence-electron chi connectivity index (χ1n) is 9.41. The molecule has 1 atom stereocenters. The Bertz CT molecular complexity index is 1320. The van der Waals surface area contributed by atoms with Crippen molar-refractivity contribution in [3.63, 3.8) is 0 Å². The van der Waals surface area contributed by atoms with Crippen LogP contribution in [0.1, 0.15) is 37.6 Å². The smallest absolute Gasteiger partial charge is 0.341 e. The number of benzene rings is 2. The molecule has 1 N–H and O–H groups in total. The van der Waals surface area contributed by atoms with Crippen molar-refractivity contribution < 1.29 is 0 Å². The van der Waals surface area contributed by atoms with Crippen molar-refractivity contribution in [2.24, 2.45) is 5.10 Å². The van der Waals surface area contributed by atoms with Gasteiger partial charge in [0.25, 0.3) is 5.56 Å². The first-order chi connectivity index (χ1) is 13.5. The first-order valence-corrected chi connectivity index (χ1v) is 9.41. The predicted molar refractivity (Wildman–Crippen MR) is 113 cm³/mol. The molecule has 0 spiro atoms. The van der Waals surface area contributed by atoms with E-state index in [2.05, 4.69) is 34.6 Å². The van der Waals surface area contributed by atoms with Crippen LogP contribution < -0.4 is 11.2 Å². The predicted octanol–water partition coefficient (Wildman–Crippen LogP) is 3.81. The summed E-state index contributed by atoms with van der Waals surface area (Å²) in [6, 6.07) is 15.4. The highest BCUT2D eigenvalue weighted by molar-refractivity contribution is 6.01. The lowest BCUT2D eigenvalue weighted by Gasteiger charge is -2.15. The standard InChI is InChI=1S/C22H22N4O2/c1-4-14(2)25-15(3)18(16-9-6-8-12-20(16)25)13-23-26-21(27)17-10-5-7-11-19(17)24-22(26)28/h5-14H,4H2,1-3H3,(H,24,28)/t14-/m0/s1. The molecule has 4 aromatic rings. The minimum Gasteiger partial charge on any atom is -0.341 e. The molecule has 0 aliphatic heterocycles. The van der Waals surface area contributed by atoms with Crippen molar-refractivity contribution in [1.29, 1.82) is 0 Å². The van der Waals surface area contributed by atoms with Crippen LogP contribution in [0.25, 0.3) is 21.8 Å². The molecule has 2 aromatic carbocycles. The van der Waals surface area contributed by atoms with Gasteiger partial charge >= 0.3 is 5.69 Å². The summed E-state index contributed by atoms with van der Waals surface area (Å²) in [4.78, 5) is 27.8. The molecule has 0 aliphatic rings. The number of nitrogens with one attached hydrogen (secondary N) is 1. The van der Waals surface area contributed by atoms with Crippen molar-refractivity contribution in [1.82, 2.24) is 14.2 Å². The van der Waals surface area contributed by atoms with Crippen LogP contribution in [0.15, 0.2) is 63.2 Å². The quantitative estimate of drug-likeness (QED) is 0.552. The van der Waals surface area contributed by atoms with Crippen LogP contribution in [0.5, 0.6) is 0 Å². The molecule has 0 saturated carbocycles. The zero-order valence-electron chi connectivity index (χ0n) is 16.1. The number of hydrogen-bond acceptors (Lipinski definition) is 3. The van der Waals surface area contributed by atoms with Gasteiger partial charge in [-0.15, -0.1) is 4.68 Å². The third-order valence-corrected chi connectivity index (χ3v) is 5.32. The molecule has 0 unspecified atom stereocenters. The highest BCUT2D eigenvalue weighted by Crippen LogP contribution is 2.29. The molecule has 4 rings (SSSR count). The van der Waals surface area contributed by atoms with E-state index in [1.165, 1.54) is 0 Å². The van der Waals surface area contributed by atoms with Crippen molar-refractivity contribution in [2.45, 2.75) is 33.2 Å². The van der Waals surface area contributed by atoms with Gasteiger partial charge in [0.2, 0.25) is 0 Å². The maximum atomic E-state index is 12.7. The van der Waals surface area contributed by atoms with Gasteiger partial charge in [0.1, 0.15) is 0 Å². The molecule has 28 heavy (non-hydrogen) atoms. The number of H-pyrrole nitrogens is 1. The molecular formula is C22H22N4O2. The third kappa shape index (κ3) is 2.78. The highest BCUT2D eigenvalue weighted by Gasteiger charge is 2.16. The lowest BCUT2D eigenvalue weighted by atomic mass is 10.1. The number of aromatic nitrogens is 3. The van der Waals surface area contributed by atoms with Crippen molar-refractivity contribution in [2.75, 3.05) is 0 Å². The molecule has 6 heteroatoms. The van der Waals surface area contributed by atoms with Crippen LogP contribution >= 0.6 is 0 Å². The van der Waals surface area contributed by atoms with Gasteiger partial charge in [0.05, 0.1) is 17.1 Å². The second-order valence-electron chi connectivity index (χ2n) is 6.98. The van der Waals surface area contributed by atoms with E-state index < -0.39 is 11.2 Å². The number of fused-ring (bicyclic) bond motifs is 2. The molecule has 0 bridgehead atoms. The molecule has 0 saturated heterocycles. The Hall–Kier alpha value is -3.41. The summed E-state index contributed by atoms with van der Waals surface area (Å²) in [5.74, 6) is 0. The van der Waals surface area contributed by atoms with Crippen LogP contribution in [0.4, 0.5) is 0 Å². The number of hydrogen-bond donors (Lipinski definition) is 1. The zero-order valence-corrected chi connectivity index (χ0v) is 16.1. The van der Waals surface area contributed by atoms with Gasteiger partial charge in [0.15, 0.2) is 0 Å². The van der Waals surface area contributed by atoms with Crippen LogP contribution in [-0.4, -0.2) is 20.4 Å². The van der Waals surface area contributed by atoms with E-state index in [0.717, 1.165) is 33.3 Å². The fourth-order valence-corrected chi connectivity index (χ4v) is 3.70. The number of para-hydroxylation sites is 2. The summed E-state index contributed by atoms with van der Waals surface area (Å²) in [6.45, 7) is 6.38. The average molecular weight is 374 g/mol. The van der Waals surface area contributed by atoms with Gasteiger partial charge in [-0.25, -0.2) is 4.79 Å². The zero-order chi connectivity index (χ0) is 19.8. The lowest BCUT2D eigenvalue weighted by Crippen LogP contribution is -2.32. The van der Waals surface area contributed by atoms with Crippen molar-refractivity contribution in [3.05, 3.63) is 80.6 Å². The number of aromatic amines is 1. The molecule has 0 aliphatic carbocycles.